The van der Waals surface area contributed by atoms with Crippen molar-refractivity contribution in [1.29, 1.82) is 0 Å². The zero-order valence-corrected chi connectivity index (χ0v) is 10.8. The summed E-state index contributed by atoms with van der Waals surface area (Å²) in [5.41, 5.74) is 1.85. The third kappa shape index (κ3) is 2.30. The number of hydrogen-bond acceptors (Lipinski definition) is 5. The predicted octanol–water partition coefficient (Wildman–Crippen LogP) is 2.08. The predicted molar refractivity (Wildman–Crippen MR) is 69.9 cm³/mol. The Hall–Kier alpha value is -2.34. The maximum atomic E-state index is 5.95. The first kappa shape index (κ1) is 11.7. The van der Waals surface area contributed by atoms with Crippen molar-refractivity contribution in [2.45, 2.75) is 6.92 Å². The molecule has 3 aromatic rings. The topological polar surface area (TPSA) is 69.4 Å². The van der Waals surface area contributed by atoms with E-state index in [1.807, 2.05) is 13.0 Å². The van der Waals surface area contributed by atoms with Gasteiger partial charge in [0.05, 0.1) is 0 Å². The third-order valence-electron chi connectivity index (χ3n) is 2.61. The third-order valence-corrected chi connectivity index (χ3v) is 2.78. The summed E-state index contributed by atoms with van der Waals surface area (Å²) in [5, 5.41) is 0.136. The first-order valence-electron chi connectivity index (χ1n) is 5.55. The summed E-state index contributed by atoms with van der Waals surface area (Å²) < 4.78 is 1.67. The summed E-state index contributed by atoms with van der Waals surface area (Å²) in [4.78, 5) is 20.6. The molecule has 94 valence electrons. The first-order chi connectivity index (χ1) is 9.24. The lowest BCUT2D eigenvalue weighted by Crippen LogP contribution is -2.03. The quantitative estimate of drug-likeness (QED) is 0.714. The smallest absolute Gasteiger partial charge is 0.239 e. The van der Waals surface area contributed by atoms with Crippen LogP contribution in [0.3, 0.4) is 0 Å². The van der Waals surface area contributed by atoms with E-state index < -0.39 is 0 Å². The van der Waals surface area contributed by atoms with Gasteiger partial charge in [0, 0.05) is 30.4 Å². The number of pyridine rings is 1. The number of imidazole rings is 1. The Kier molecular flexibility index (Phi) is 2.92. The molecule has 0 bridgehead atoms. The van der Waals surface area contributed by atoms with E-state index in [0.717, 1.165) is 11.1 Å². The second-order valence-corrected chi connectivity index (χ2v) is 4.23. The molecule has 0 fully saturated rings. The summed E-state index contributed by atoms with van der Waals surface area (Å²) in [6, 6.07) is 1.89. The number of nitrogens with zero attached hydrogens (tertiary/aromatic N) is 6. The van der Waals surface area contributed by atoms with E-state index in [1.54, 1.807) is 35.7 Å². The van der Waals surface area contributed by atoms with Gasteiger partial charge in [-0.3, -0.25) is 9.55 Å². The van der Waals surface area contributed by atoms with Gasteiger partial charge in [-0.05, 0) is 30.2 Å². The van der Waals surface area contributed by atoms with Crippen LogP contribution in [0.25, 0.3) is 17.3 Å². The zero-order chi connectivity index (χ0) is 13.2. The number of hydrogen-bond donors (Lipinski definition) is 0. The number of rotatable bonds is 2. The van der Waals surface area contributed by atoms with Crippen molar-refractivity contribution >= 4 is 11.6 Å². The number of halogens is 1. The van der Waals surface area contributed by atoms with Gasteiger partial charge < -0.3 is 0 Å². The maximum Gasteiger partial charge on any atom is 0.239 e. The fourth-order valence-electron chi connectivity index (χ4n) is 1.65. The van der Waals surface area contributed by atoms with Gasteiger partial charge in [-0.2, -0.15) is 15.0 Å². The van der Waals surface area contributed by atoms with E-state index in [4.69, 9.17) is 11.6 Å². The van der Waals surface area contributed by atoms with Gasteiger partial charge in [-0.25, -0.2) is 4.98 Å². The largest absolute Gasteiger partial charge is 0.274 e. The Labute approximate surface area is 114 Å². The van der Waals surface area contributed by atoms with Crippen LogP contribution in [-0.2, 0) is 0 Å². The first-order valence-corrected chi connectivity index (χ1v) is 5.93. The van der Waals surface area contributed by atoms with Crippen molar-refractivity contribution in [2.75, 3.05) is 0 Å². The number of aryl methyl sites for hydroxylation is 1. The van der Waals surface area contributed by atoms with Crippen LogP contribution >= 0.6 is 11.6 Å². The minimum Gasteiger partial charge on any atom is -0.274 e. The van der Waals surface area contributed by atoms with Crippen LogP contribution in [0.5, 0.6) is 0 Å². The van der Waals surface area contributed by atoms with Crippen LogP contribution in [0.2, 0.25) is 5.28 Å². The minimum absolute atomic E-state index is 0.136. The highest BCUT2D eigenvalue weighted by Crippen LogP contribution is 2.20. The van der Waals surface area contributed by atoms with E-state index in [9.17, 15) is 0 Å². The summed E-state index contributed by atoms with van der Waals surface area (Å²) in [6.45, 7) is 1.96. The van der Waals surface area contributed by atoms with E-state index in [0.29, 0.717) is 11.8 Å². The van der Waals surface area contributed by atoms with Crippen LogP contribution < -0.4 is 0 Å². The van der Waals surface area contributed by atoms with Crippen molar-refractivity contribution in [3.63, 3.8) is 0 Å². The van der Waals surface area contributed by atoms with Crippen LogP contribution in [0.1, 0.15) is 5.56 Å². The van der Waals surface area contributed by atoms with Gasteiger partial charge >= 0.3 is 0 Å². The molecular weight excluding hydrogens is 264 g/mol. The molecular formula is C12H9ClN6. The molecule has 0 radical (unpaired) electrons. The molecule has 7 heteroatoms. The van der Waals surface area contributed by atoms with E-state index in [1.165, 1.54) is 0 Å². The highest BCUT2D eigenvalue weighted by molar-refractivity contribution is 6.28. The van der Waals surface area contributed by atoms with Crippen molar-refractivity contribution in [2.24, 2.45) is 0 Å². The molecule has 3 rings (SSSR count). The van der Waals surface area contributed by atoms with E-state index in [2.05, 4.69) is 24.9 Å². The Bertz CT molecular complexity index is 710. The van der Waals surface area contributed by atoms with Gasteiger partial charge in [0.1, 0.15) is 6.33 Å². The lowest BCUT2D eigenvalue weighted by molar-refractivity contribution is 0.898. The number of aromatic nitrogens is 6. The summed E-state index contributed by atoms with van der Waals surface area (Å²) in [6.07, 6.45) is 8.42. The SMILES string of the molecule is Cc1ccncc1-c1nc(Cl)nc(-n2ccnc2)n1. The normalized spacial score (nSPS) is 10.6. The van der Waals surface area contributed by atoms with Gasteiger partial charge in [-0.1, -0.05) is 0 Å². The van der Waals surface area contributed by atoms with E-state index in [-0.39, 0.29) is 5.28 Å². The second-order valence-electron chi connectivity index (χ2n) is 3.89. The standard InChI is InChI=1S/C12H9ClN6/c1-8-2-3-14-6-9(8)10-16-11(13)18-12(17-10)19-5-4-15-7-19/h2-7H,1H3. The molecule has 0 amide bonds. The molecule has 0 atom stereocenters. The fraction of sp³-hybridized carbons (Fsp3) is 0.0833. The van der Waals surface area contributed by atoms with Crippen LogP contribution in [0, 0.1) is 6.92 Å². The molecule has 3 aromatic heterocycles. The van der Waals surface area contributed by atoms with Gasteiger partial charge in [0.2, 0.25) is 11.2 Å². The lowest BCUT2D eigenvalue weighted by Gasteiger charge is -2.06. The molecule has 0 saturated carbocycles. The lowest BCUT2D eigenvalue weighted by atomic mass is 10.1. The highest BCUT2D eigenvalue weighted by Gasteiger charge is 2.10. The summed E-state index contributed by atoms with van der Waals surface area (Å²) >= 11 is 5.95. The average Bonchev–Trinajstić information content (AvgIpc) is 2.92. The molecule has 0 saturated heterocycles. The minimum atomic E-state index is 0.136. The molecule has 0 aliphatic heterocycles. The monoisotopic (exact) mass is 272 g/mol. The molecule has 0 aliphatic carbocycles. The van der Waals surface area contributed by atoms with Crippen LogP contribution in [-0.4, -0.2) is 29.5 Å². The molecule has 0 aliphatic rings. The highest BCUT2D eigenvalue weighted by atomic mass is 35.5. The van der Waals surface area contributed by atoms with Crippen molar-refractivity contribution in [3.05, 3.63) is 48.0 Å². The molecule has 0 spiro atoms. The van der Waals surface area contributed by atoms with Crippen molar-refractivity contribution < 1.29 is 0 Å². The molecule has 6 nitrogen and oxygen atoms in total. The van der Waals surface area contributed by atoms with Crippen LogP contribution in [0.4, 0.5) is 0 Å². The Morgan fingerprint density at radius 1 is 1.11 bits per heavy atom. The van der Waals surface area contributed by atoms with Crippen LogP contribution in [0.15, 0.2) is 37.2 Å². The molecule has 19 heavy (non-hydrogen) atoms. The Balaban J connectivity index is 2.16. The summed E-state index contributed by atoms with van der Waals surface area (Å²) in [5.74, 6) is 0.921. The average molecular weight is 273 g/mol. The van der Waals surface area contributed by atoms with E-state index >= 15 is 0 Å². The zero-order valence-electron chi connectivity index (χ0n) is 10.0. The fourth-order valence-corrected chi connectivity index (χ4v) is 1.81. The van der Waals surface area contributed by atoms with Gasteiger partial charge in [0.15, 0.2) is 5.82 Å². The molecule has 3 heterocycles. The van der Waals surface area contributed by atoms with Crippen molar-refractivity contribution in [1.82, 2.24) is 29.5 Å². The molecule has 0 N–H and O–H groups in total. The maximum absolute atomic E-state index is 5.95. The second kappa shape index (κ2) is 4.74. The van der Waals surface area contributed by atoms with Crippen molar-refractivity contribution in [3.8, 4) is 17.3 Å². The molecule has 0 unspecified atom stereocenters. The Morgan fingerprint density at radius 3 is 2.74 bits per heavy atom. The molecule has 0 aromatic carbocycles. The Morgan fingerprint density at radius 2 is 2.00 bits per heavy atom. The van der Waals surface area contributed by atoms with Gasteiger partial charge in [-0.15, -0.1) is 0 Å². The summed E-state index contributed by atoms with van der Waals surface area (Å²) in [7, 11) is 0. The van der Waals surface area contributed by atoms with Gasteiger partial charge in [0.25, 0.3) is 0 Å².